The average molecular weight is 275 g/mol. The van der Waals surface area contributed by atoms with Crippen molar-refractivity contribution in [3.63, 3.8) is 0 Å². The summed E-state index contributed by atoms with van der Waals surface area (Å²) in [7, 11) is 0. The zero-order valence-electron chi connectivity index (χ0n) is 11.6. The fourth-order valence-electron chi connectivity index (χ4n) is 3.08. The molecule has 3 nitrogen and oxygen atoms in total. The summed E-state index contributed by atoms with van der Waals surface area (Å²) in [5, 5.41) is 0. The maximum absolute atomic E-state index is 12.2. The number of carbonyl (C=O) groups excluding carboxylic acids is 1. The lowest BCUT2D eigenvalue weighted by atomic mass is 9.83. The average Bonchev–Trinajstić information content (AvgIpc) is 3.14. The van der Waals surface area contributed by atoms with Crippen LogP contribution in [0.25, 0.3) is 0 Å². The zero-order valence-corrected chi connectivity index (χ0v) is 12.4. The Morgan fingerprint density at radius 1 is 1.17 bits per heavy atom. The Morgan fingerprint density at radius 3 is 1.94 bits per heavy atom. The second-order valence-electron chi connectivity index (χ2n) is 5.85. The maximum Gasteiger partial charge on any atom is 0.239 e. The minimum absolute atomic E-state index is 0. The lowest BCUT2D eigenvalue weighted by Gasteiger charge is -2.38. The summed E-state index contributed by atoms with van der Waals surface area (Å²) in [5.41, 5.74) is 5.77. The van der Waals surface area contributed by atoms with Crippen molar-refractivity contribution in [2.45, 2.75) is 76.9 Å². The molecule has 2 N–H and O–H groups in total. The highest BCUT2D eigenvalue weighted by Crippen LogP contribution is 2.36. The molecule has 0 radical (unpaired) electrons. The molecule has 0 heterocycles. The van der Waals surface area contributed by atoms with E-state index in [1.54, 1.807) is 0 Å². The van der Waals surface area contributed by atoms with Gasteiger partial charge in [-0.25, -0.2) is 0 Å². The van der Waals surface area contributed by atoms with Crippen LogP contribution >= 0.6 is 12.4 Å². The monoisotopic (exact) mass is 274 g/mol. The molecular formula is C14H27ClN2O. The number of nitrogens with zero attached hydrogens (tertiary/aromatic N) is 1. The molecule has 0 aliphatic heterocycles. The van der Waals surface area contributed by atoms with Crippen molar-refractivity contribution in [1.29, 1.82) is 0 Å². The number of hydrogen-bond donors (Lipinski definition) is 1. The van der Waals surface area contributed by atoms with E-state index in [-0.39, 0.29) is 24.4 Å². The first kappa shape index (κ1) is 15.8. The molecule has 0 aromatic carbocycles. The standard InChI is InChI=1S/C14H26N2O.ClH/c1-3-11-4-6-12(7-5-11)16(13-8-9-13)14(17)10(2)15;/h10-13H,3-9,15H2,1-2H3;1H/t10-,11?,12?;/m0./s1. The number of amides is 1. The van der Waals surface area contributed by atoms with E-state index < -0.39 is 0 Å². The SMILES string of the molecule is CCC1CCC(N(C(=O)[C@H](C)N)C2CC2)CC1.Cl. The van der Waals surface area contributed by atoms with Gasteiger partial charge in [-0.05, 0) is 51.4 Å². The Bertz CT molecular complexity index is 271. The van der Waals surface area contributed by atoms with Crippen molar-refractivity contribution in [2.24, 2.45) is 11.7 Å². The first-order chi connectivity index (χ1) is 8.13. The van der Waals surface area contributed by atoms with Crippen molar-refractivity contribution >= 4 is 18.3 Å². The van der Waals surface area contributed by atoms with E-state index in [0.717, 1.165) is 5.92 Å². The summed E-state index contributed by atoms with van der Waals surface area (Å²) in [6.07, 6.45) is 8.61. The third-order valence-corrected chi connectivity index (χ3v) is 4.37. The summed E-state index contributed by atoms with van der Waals surface area (Å²) >= 11 is 0. The summed E-state index contributed by atoms with van der Waals surface area (Å²) in [4.78, 5) is 14.3. The Hall–Kier alpha value is -0.280. The third kappa shape index (κ3) is 3.61. The molecular weight excluding hydrogens is 248 g/mol. The van der Waals surface area contributed by atoms with Crippen molar-refractivity contribution in [1.82, 2.24) is 4.90 Å². The summed E-state index contributed by atoms with van der Waals surface area (Å²) in [6.45, 7) is 4.09. The van der Waals surface area contributed by atoms with Gasteiger partial charge in [0.25, 0.3) is 0 Å². The van der Waals surface area contributed by atoms with Crippen molar-refractivity contribution in [2.75, 3.05) is 0 Å². The molecule has 0 unspecified atom stereocenters. The Balaban J connectivity index is 0.00000162. The quantitative estimate of drug-likeness (QED) is 0.857. The minimum Gasteiger partial charge on any atom is -0.335 e. The number of carbonyl (C=O) groups is 1. The predicted molar refractivity (Wildman–Crippen MR) is 76.8 cm³/mol. The van der Waals surface area contributed by atoms with Crippen molar-refractivity contribution in [3.8, 4) is 0 Å². The van der Waals surface area contributed by atoms with Gasteiger partial charge in [-0.2, -0.15) is 0 Å². The molecule has 2 rings (SSSR count). The third-order valence-electron chi connectivity index (χ3n) is 4.37. The number of rotatable bonds is 4. The van der Waals surface area contributed by atoms with Gasteiger partial charge in [0.1, 0.15) is 0 Å². The van der Waals surface area contributed by atoms with Crippen molar-refractivity contribution < 1.29 is 4.79 Å². The summed E-state index contributed by atoms with van der Waals surface area (Å²) in [6, 6.07) is 0.653. The predicted octanol–water partition coefficient (Wildman–Crippen LogP) is 2.72. The molecule has 18 heavy (non-hydrogen) atoms. The highest BCUT2D eigenvalue weighted by Gasteiger charge is 2.39. The van der Waals surface area contributed by atoms with E-state index in [0.29, 0.717) is 12.1 Å². The van der Waals surface area contributed by atoms with Gasteiger partial charge in [-0.15, -0.1) is 12.4 Å². The molecule has 2 aliphatic rings. The van der Waals surface area contributed by atoms with E-state index in [1.165, 1.54) is 44.9 Å². The number of halogens is 1. The van der Waals surface area contributed by atoms with Crippen LogP contribution in [0, 0.1) is 5.92 Å². The molecule has 0 aromatic rings. The fraction of sp³-hybridized carbons (Fsp3) is 0.929. The van der Waals surface area contributed by atoms with Crippen LogP contribution in [0.4, 0.5) is 0 Å². The Morgan fingerprint density at radius 2 is 1.61 bits per heavy atom. The first-order valence-corrected chi connectivity index (χ1v) is 7.21. The van der Waals surface area contributed by atoms with Crippen LogP contribution in [0.5, 0.6) is 0 Å². The molecule has 1 atom stereocenters. The summed E-state index contributed by atoms with van der Waals surface area (Å²) in [5.74, 6) is 1.06. The molecule has 2 saturated carbocycles. The lowest BCUT2D eigenvalue weighted by molar-refractivity contribution is -0.136. The van der Waals surface area contributed by atoms with Gasteiger partial charge < -0.3 is 10.6 Å². The van der Waals surface area contributed by atoms with E-state index in [2.05, 4.69) is 11.8 Å². The van der Waals surface area contributed by atoms with Gasteiger partial charge in [0.15, 0.2) is 0 Å². The lowest BCUT2D eigenvalue weighted by Crippen LogP contribution is -2.49. The topological polar surface area (TPSA) is 46.3 Å². The zero-order chi connectivity index (χ0) is 12.4. The van der Waals surface area contributed by atoms with E-state index in [4.69, 9.17) is 5.73 Å². The van der Waals surface area contributed by atoms with Crippen LogP contribution < -0.4 is 5.73 Å². The van der Waals surface area contributed by atoms with Gasteiger partial charge in [0.2, 0.25) is 5.91 Å². The molecule has 4 heteroatoms. The van der Waals surface area contributed by atoms with Crippen LogP contribution in [0.2, 0.25) is 0 Å². The smallest absolute Gasteiger partial charge is 0.239 e. The van der Waals surface area contributed by atoms with E-state index >= 15 is 0 Å². The molecule has 0 saturated heterocycles. The van der Waals surface area contributed by atoms with Crippen LogP contribution in [-0.2, 0) is 4.79 Å². The maximum atomic E-state index is 12.2. The molecule has 1 amide bonds. The highest BCUT2D eigenvalue weighted by molar-refractivity contribution is 5.85. The summed E-state index contributed by atoms with van der Waals surface area (Å²) < 4.78 is 0. The van der Waals surface area contributed by atoms with Gasteiger partial charge in [-0.3, -0.25) is 4.79 Å². The van der Waals surface area contributed by atoms with Crippen molar-refractivity contribution in [3.05, 3.63) is 0 Å². The largest absolute Gasteiger partial charge is 0.335 e. The van der Waals surface area contributed by atoms with Crippen LogP contribution in [0.3, 0.4) is 0 Å². The van der Waals surface area contributed by atoms with E-state index in [9.17, 15) is 4.79 Å². The number of hydrogen-bond acceptors (Lipinski definition) is 2. The molecule has 106 valence electrons. The molecule has 0 bridgehead atoms. The van der Waals surface area contributed by atoms with Gasteiger partial charge in [0.05, 0.1) is 6.04 Å². The van der Waals surface area contributed by atoms with Crippen LogP contribution in [0.1, 0.15) is 58.8 Å². The van der Waals surface area contributed by atoms with Crippen LogP contribution in [0.15, 0.2) is 0 Å². The first-order valence-electron chi connectivity index (χ1n) is 7.21. The molecule has 2 fully saturated rings. The highest BCUT2D eigenvalue weighted by atomic mass is 35.5. The second kappa shape index (κ2) is 6.76. The molecule has 0 aromatic heterocycles. The Labute approximate surface area is 117 Å². The fourth-order valence-corrected chi connectivity index (χ4v) is 3.08. The normalized spacial score (nSPS) is 29.3. The van der Waals surface area contributed by atoms with E-state index in [1.807, 2.05) is 6.92 Å². The molecule has 0 spiro atoms. The van der Waals surface area contributed by atoms with Gasteiger partial charge >= 0.3 is 0 Å². The number of nitrogens with two attached hydrogens (primary N) is 1. The minimum atomic E-state index is -0.334. The Kier molecular flexibility index (Phi) is 5.93. The second-order valence-corrected chi connectivity index (χ2v) is 5.85. The molecule has 2 aliphatic carbocycles. The van der Waals surface area contributed by atoms with Gasteiger partial charge in [0, 0.05) is 12.1 Å². The van der Waals surface area contributed by atoms with Gasteiger partial charge in [-0.1, -0.05) is 13.3 Å². The van der Waals surface area contributed by atoms with Crippen LogP contribution in [-0.4, -0.2) is 28.9 Å².